The molecule has 1 fully saturated rings. The standard InChI is InChI=1S/C20H20FN3O4S2/c1-28-15-5-7-16(8-6-15)30(26,27)24-10-2-3-13(12-24)19(25)23-20-22-17-9-4-14(21)11-18(17)29-20/h4-9,11,13H,2-3,10,12H2,1H3,(H,22,23,25). The van der Waals surface area contributed by atoms with Gasteiger partial charge in [0.15, 0.2) is 5.13 Å². The van der Waals surface area contributed by atoms with E-state index in [0.717, 1.165) is 0 Å². The van der Waals surface area contributed by atoms with Gasteiger partial charge in [0, 0.05) is 13.1 Å². The molecule has 0 spiro atoms. The number of ether oxygens (including phenoxy) is 1. The second-order valence-corrected chi connectivity index (χ2v) is 9.97. The molecule has 1 atom stereocenters. The van der Waals surface area contributed by atoms with Gasteiger partial charge in [-0.15, -0.1) is 0 Å². The smallest absolute Gasteiger partial charge is 0.243 e. The van der Waals surface area contributed by atoms with E-state index in [2.05, 4.69) is 10.3 Å². The Morgan fingerprint density at radius 3 is 2.77 bits per heavy atom. The highest BCUT2D eigenvalue weighted by Crippen LogP contribution is 2.29. The first-order valence-corrected chi connectivity index (χ1v) is 11.6. The maximum absolute atomic E-state index is 13.4. The molecule has 1 saturated heterocycles. The monoisotopic (exact) mass is 449 g/mol. The lowest BCUT2D eigenvalue weighted by Gasteiger charge is -2.31. The molecule has 1 aliphatic rings. The Hall–Kier alpha value is -2.56. The van der Waals surface area contributed by atoms with Gasteiger partial charge in [0.25, 0.3) is 0 Å². The quantitative estimate of drug-likeness (QED) is 0.644. The number of piperidine rings is 1. The number of carbonyl (C=O) groups excluding carboxylic acids is 1. The molecule has 0 bridgehead atoms. The van der Waals surface area contributed by atoms with Gasteiger partial charge in [-0.05, 0) is 55.3 Å². The number of halogens is 1. The number of aromatic nitrogens is 1. The minimum absolute atomic E-state index is 0.0969. The molecular formula is C20H20FN3O4S2. The number of nitrogens with one attached hydrogen (secondary N) is 1. The van der Waals surface area contributed by atoms with E-state index < -0.39 is 15.9 Å². The van der Waals surface area contributed by atoms with E-state index in [-0.39, 0.29) is 23.2 Å². The molecule has 1 amide bonds. The summed E-state index contributed by atoms with van der Waals surface area (Å²) in [6, 6.07) is 10.4. The third-order valence-electron chi connectivity index (χ3n) is 5.03. The Morgan fingerprint density at radius 1 is 1.27 bits per heavy atom. The largest absolute Gasteiger partial charge is 0.497 e. The molecule has 4 rings (SSSR count). The van der Waals surface area contributed by atoms with E-state index >= 15 is 0 Å². The summed E-state index contributed by atoms with van der Waals surface area (Å²) in [5, 5.41) is 3.13. The molecule has 1 N–H and O–H groups in total. The van der Waals surface area contributed by atoms with Crippen molar-refractivity contribution in [2.24, 2.45) is 5.92 Å². The highest BCUT2D eigenvalue weighted by Gasteiger charge is 2.33. The van der Waals surface area contributed by atoms with Crippen LogP contribution < -0.4 is 10.1 Å². The highest BCUT2D eigenvalue weighted by atomic mass is 32.2. The summed E-state index contributed by atoms with van der Waals surface area (Å²) < 4.78 is 46.4. The maximum Gasteiger partial charge on any atom is 0.243 e. The molecule has 1 unspecified atom stereocenters. The third kappa shape index (κ3) is 4.16. The number of benzene rings is 2. The fraction of sp³-hybridized carbons (Fsp3) is 0.300. The fourth-order valence-corrected chi connectivity index (χ4v) is 5.85. The van der Waals surface area contributed by atoms with Gasteiger partial charge in [-0.3, -0.25) is 4.79 Å². The normalized spacial score (nSPS) is 17.7. The zero-order valence-corrected chi connectivity index (χ0v) is 17.8. The zero-order valence-electron chi connectivity index (χ0n) is 16.2. The van der Waals surface area contributed by atoms with Gasteiger partial charge in [-0.25, -0.2) is 17.8 Å². The number of sulfonamides is 1. The molecule has 0 saturated carbocycles. The van der Waals surface area contributed by atoms with Crippen molar-refractivity contribution in [3.05, 3.63) is 48.3 Å². The number of carbonyl (C=O) groups is 1. The van der Waals surface area contributed by atoms with Crippen molar-refractivity contribution in [1.29, 1.82) is 0 Å². The van der Waals surface area contributed by atoms with E-state index in [1.807, 2.05) is 0 Å². The molecule has 7 nitrogen and oxygen atoms in total. The lowest BCUT2D eigenvalue weighted by Crippen LogP contribution is -2.43. The molecule has 2 heterocycles. The first-order valence-electron chi connectivity index (χ1n) is 9.38. The average molecular weight is 450 g/mol. The van der Waals surface area contributed by atoms with Gasteiger partial charge in [-0.1, -0.05) is 11.3 Å². The van der Waals surface area contributed by atoms with Crippen molar-refractivity contribution >= 4 is 42.6 Å². The van der Waals surface area contributed by atoms with Crippen molar-refractivity contribution < 1.29 is 22.3 Å². The van der Waals surface area contributed by atoms with Crippen LogP contribution in [0.4, 0.5) is 9.52 Å². The number of nitrogens with zero attached hydrogens (tertiary/aromatic N) is 2. The summed E-state index contributed by atoms with van der Waals surface area (Å²) >= 11 is 1.18. The Bertz CT molecular complexity index is 1180. The molecule has 30 heavy (non-hydrogen) atoms. The zero-order chi connectivity index (χ0) is 21.3. The van der Waals surface area contributed by atoms with Crippen LogP contribution in [0.5, 0.6) is 5.75 Å². The predicted molar refractivity (Wildman–Crippen MR) is 113 cm³/mol. The van der Waals surface area contributed by atoms with Gasteiger partial charge < -0.3 is 10.1 Å². The number of hydrogen-bond donors (Lipinski definition) is 1. The maximum atomic E-state index is 13.4. The molecule has 0 radical (unpaired) electrons. The number of rotatable bonds is 5. The minimum Gasteiger partial charge on any atom is -0.497 e. The lowest BCUT2D eigenvalue weighted by atomic mass is 9.99. The molecule has 2 aromatic carbocycles. The molecule has 10 heteroatoms. The first-order chi connectivity index (χ1) is 14.4. The summed E-state index contributed by atoms with van der Waals surface area (Å²) in [4.78, 5) is 17.2. The summed E-state index contributed by atoms with van der Waals surface area (Å²) in [6.45, 7) is 0.457. The van der Waals surface area contributed by atoms with E-state index in [1.165, 1.54) is 47.0 Å². The van der Waals surface area contributed by atoms with E-state index in [1.54, 1.807) is 18.2 Å². The van der Waals surface area contributed by atoms with Gasteiger partial charge in [0.05, 0.1) is 28.1 Å². The van der Waals surface area contributed by atoms with Gasteiger partial charge in [0.2, 0.25) is 15.9 Å². The van der Waals surface area contributed by atoms with Crippen molar-refractivity contribution in [3.63, 3.8) is 0 Å². The summed E-state index contributed by atoms with van der Waals surface area (Å²) in [5.74, 6) is -0.573. The number of amides is 1. The third-order valence-corrected chi connectivity index (χ3v) is 7.85. The van der Waals surface area contributed by atoms with Crippen molar-refractivity contribution in [2.45, 2.75) is 17.7 Å². The van der Waals surface area contributed by atoms with Gasteiger partial charge in [-0.2, -0.15) is 4.31 Å². The highest BCUT2D eigenvalue weighted by molar-refractivity contribution is 7.89. The Balaban J connectivity index is 1.47. The van der Waals surface area contributed by atoms with Crippen LogP contribution in [0.2, 0.25) is 0 Å². The van der Waals surface area contributed by atoms with E-state index in [9.17, 15) is 17.6 Å². The number of methoxy groups -OCH3 is 1. The second kappa shape index (κ2) is 8.29. The molecule has 1 aliphatic heterocycles. The number of hydrogen-bond acceptors (Lipinski definition) is 6. The molecule has 158 valence electrons. The topological polar surface area (TPSA) is 88.6 Å². The van der Waals surface area contributed by atoms with Crippen LogP contribution in [0, 0.1) is 11.7 Å². The van der Waals surface area contributed by atoms with Gasteiger partial charge >= 0.3 is 0 Å². The number of fused-ring (bicyclic) bond motifs is 1. The van der Waals surface area contributed by atoms with Crippen molar-refractivity contribution in [3.8, 4) is 5.75 Å². The van der Waals surface area contributed by atoms with Crippen LogP contribution in [0.15, 0.2) is 47.4 Å². The average Bonchev–Trinajstić information content (AvgIpc) is 3.15. The molecule has 1 aromatic heterocycles. The second-order valence-electron chi connectivity index (χ2n) is 7.00. The fourth-order valence-electron chi connectivity index (χ4n) is 3.43. The van der Waals surface area contributed by atoms with Crippen LogP contribution >= 0.6 is 11.3 Å². The summed E-state index contributed by atoms with van der Waals surface area (Å²) in [7, 11) is -2.20. The number of thiazole rings is 1. The summed E-state index contributed by atoms with van der Waals surface area (Å²) in [5.41, 5.74) is 0.601. The molecule has 0 aliphatic carbocycles. The lowest BCUT2D eigenvalue weighted by molar-refractivity contribution is -0.120. The van der Waals surface area contributed by atoms with Crippen LogP contribution in [0.25, 0.3) is 10.2 Å². The van der Waals surface area contributed by atoms with Crippen LogP contribution in [-0.4, -0.2) is 43.8 Å². The van der Waals surface area contributed by atoms with Gasteiger partial charge in [0.1, 0.15) is 11.6 Å². The van der Waals surface area contributed by atoms with Crippen molar-refractivity contribution in [1.82, 2.24) is 9.29 Å². The van der Waals surface area contributed by atoms with E-state index in [4.69, 9.17) is 4.74 Å². The minimum atomic E-state index is -3.71. The Labute approximate surface area is 177 Å². The van der Waals surface area contributed by atoms with Crippen LogP contribution in [0.3, 0.4) is 0 Å². The first kappa shape index (κ1) is 20.7. The van der Waals surface area contributed by atoms with Crippen LogP contribution in [0.1, 0.15) is 12.8 Å². The Morgan fingerprint density at radius 2 is 2.03 bits per heavy atom. The van der Waals surface area contributed by atoms with E-state index in [0.29, 0.717) is 40.5 Å². The predicted octanol–water partition coefficient (Wildman–Crippen LogP) is 3.48. The Kier molecular flexibility index (Phi) is 5.72. The summed E-state index contributed by atoms with van der Waals surface area (Å²) in [6.07, 6.45) is 1.17. The van der Waals surface area contributed by atoms with Crippen LogP contribution in [-0.2, 0) is 14.8 Å². The SMILES string of the molecule is COc1ccc(S(=O)(=O)N2CCCC(C(=O)Nc3nc4ccc(F)cc4s3)C2)cc1. The van der Waals surface area contributed by atoms with Crippen molar-refractivity contribution in [2.75, 3.05) is 25.5 Å². The number of anilines is 1. The molecule has 3 aromatic rings. The molecular weight excluding hydrogens is 429 g/mol.